The second kappa shape index (κ2) is 9.36. The number of benzene rings is 1. The standard InChI is InChI=1S/C21H24N6O2S/c1-12(2)19(28)24-14-5-7-15(8-6-14)25-21-23-11-13(3)18(27-21)26-16-9-10-30-17(16)20(29)22-4/h5-12H,1-4H3,(H,22,29)(H,24,28)(H2,23,25,26,27). The zero-order valence-electron chi connectivity index (χ0n) is 17.2. The van der Waals surface area contributed by atoms with Crippen molar-refractivity contribution in [3.63, 3.8) is 0 Å². The first kappa shape index (κ1) is 21.3. The third-order valence-corrected chi connectivity index (χ3v) is 5.17. The van der Waals surface area contributed by atoms with E-state index in [1.165, 1.54) is 11.3 Å². The first-order valence-electron chi connectivity index (χ1n) is 9.45. The number of aromatic nitrogens is 2. The molecule has 0 aliphatic rings. The van der Waals surface area contributed by atoms with Crippen LogP contribution in [0.3, 0.4) is 0 Å². The average Bonchev–Trinajstić information content (AvgIpc) is 3.19. The first-order chi connectivity index (χ1) is 14.4. The van der Waals surface area contributed by atoms with Gasteiger partial charge in [-0.25, -0.2) is 4.98 Å². The van der Waals surface area contributed by atoms with Crippen LogP contribution in [0, 0.1) is 12.8 Å². The van der Waals surface area contributed by atoms with Crippen molar-refractivity contribution in [3.8, 4) is 0 Å². The molecule has 156 valence electrons. The molecule has 0 saturated carbocycles. The van der Waals surface area contributed by atoms with Gasteiger partial charge in [0.15, 0.2) is 0 Å². The summed E-state index contributed by atoms with van der Waals surface area (Å²) in [6, 6.07) is 9.16. The Morgan fingerprint density at radius 3 is 2.40 bits per heavy atom. The summed E-state index contributed by atoms with van der Waals surface area (Å²) in [5.41, 5.74) is 3.05. The number of thiophene rings is 1. The number of hydrogen-bond acceptors (Lipinski definition) is 7. The number of nitrogens with one attached hydrogen (secondary N) is 4. The minimum Gasteiger partial charge on any atom is -0.354 e. The van der Waals surface area contributed by atoms with Gasteiger partial charge in [0.25, 0.3) is 5.91 Å². The van der Waals surface area contributed by atoms with Crippen molar-refractivity contribution in [2.75, 3.05) is 23.0 Å². The normalized spacial score (nSPS) is 10.6. The highest BCUT2D eigenvalue weighted by atomic mass is 32.1. The molecule has 1 aromatic carbocycles. The molecule has 3 aromatic rings. The predicted molar refractivity (Wildman–Crippen MR) is 121 cm³/mol. The Hall–Kier alpha value is -3.46. The minimum atomic E-state index is -0.151. The maximum atomic E-state index is 12.0. The lowest BCUT2D eigenvalue weighted by Crippen LogP contribution is -2.17. The topological polar surface area (TPSA) is 108 Å². The number of amides is 2. The summed E-state index contributed by atoms with van der Waals surface area (Å²) in [6.45, 7) is 5.59. The van der Waals surface area contributed by atoms with Crippen molar-refractivity contribution in [1.29, 1.82) is 0 Å². The van der Waals surface area contributed by atoms with Gasteiger partial charge in [-0.1, -0.05) is 13.8 Å². The number of carbonyl (C=O) groups is 2. The molecule has 3 rings (SSSR count). The molecule has 2 amide bonds. The molecule has 0 bridgehead atoms. The van der Waals surface area contributed by atoms with E-state index in [-0.39, 0.29) is 17.7 Å². The van der Waals surface area contributed by atoms with Crippen LogP contribution in [-0.4, -0.2) is 28.8 Å². The molecule has 0 spiro atoms. The van der Waals surface area contributed by atoms with E-state index < -0.39 is 0 Å². The summed E-state index contributed by atoms with van der Waals surface area (Å²) < 4.78 is 0. The number of aryl methyl sites for hydroxylation is 1. The number of carbonyl (C=O) groups excluding carboxylic acids is 2. The smallest absolute Gasteiger partial charge is 0.263 e. The molecule has 0 unspecified atom stereocenters. The Balaban J connectivity index is 1.73. The molecule has 0 atom stereocenters. The zero-order chi connectivity index (χ0) is 21.7. The fraction of sp³-hybridized carbons (Fsp3) is 0.238. The minimum absolute atomic E-state index is 0.0298. The second-order valence-corrected chi connectivity index (χ2v) is 7.86. The molecule has 30 heavy (non-hydrogen) atoms. The maximum Gasteiger partial charge on any atom is 0.263 e. The lowest BCUT2D eigenvalue weighted by molar-refractivity contribution is -0.118. The summed E-state index contributed by atoms with van der Waals surface area (Å²) in [7, 11) is 1.60. The highest BCUT2D eigenvalue weighted by Gasteiger charge is 2.14. The average molecular weight is 425 g/mol. The molecular formula is C21H24N6O2S. The highest BCUT2D eigenvalue weighted by molar-refractivity contribution is 7.12. The van der Waals surface area contributed by atoms with Gasteiger partial charge in [-0.05, 0) is 42.6 Å². The van der Waals surface area contributed by atoms with Crippen LogP contribution in [0.5, 0.6) is 0 Å². The lowest BCUT2D eigenvalue weighted by atomic mass is 10.2. The van der Waals surface area contributed by atoms with Crippen molar-refractivity contribution < 1.29 is 9.59 Å². The summed E-state index contributed by atoms with van der Waals surface area (Å²) in [4.78, 5) is 33.2. The van der Waals surface area contributed by atoms with Gasteiger partial charge in [0, 0.05) is 36.1 Å². The summed E-state index contributed by atoms with van der Waals surface area (Å²) in [6.07, 6.45) is 1.71. The molecule has 9 heteroatoms. The molecule has 8 nitrogen and oxygen atoms in total. The van der Waals surface area contributed by atoms with Crippen LogP contribution < -0.4 is 21.3 Å². The van der Waals surface area contributed by atoms with Crippen LogP contribution in [0.15, 0.2) is 41.9 Å². The van der Waals surface area contributed by atoms with Crippen molar-refractivity contribution in [2.45, 2.75) is 20.8 Å². The van der Waals surface area contributed by atoms with Crippen LogP contribution in [0.25, 0.3) is 0 Å². The van der Waals surface area contributed by atoms with Gasteiger partial charge in [-0.3, -0.25) is 9.59 Å². The monoisotopic (exact) mass is 424 g/mol. The third kappa shape index (κ3) is 5.12. The van der Waals surface area contributed by atoms with E-state index in [1.54, 1.807) is 13.2 Å². The van der Waals surface area contributed by atoms with Gasteiger partial charge < -0.3 is 21.3 Å². The van der Waals surface area contributed by atoms with Gasteiger partial charge in [0.05, 0.1) is 5.69 Å². The molecule has 2 heterocycles. The van der Waals surface area contributed by atoms with E-state index in [1.807, 2.05) is 56.5 Å². The van der Waals surface area contributed by atoms with E-state index >= 15 is 0 Å². The Kier molecular flexibility index (Phi) is 6.63. The summed E-state index contributed by atoms with van der Waals surface area (Å²) in [5.74, 6) is 0.762. The summed E-state index contributed by atoms with van der Waals surface area (Å²) in [5, 5.41) is 13.7. The highest BCUT2D eigenvalue weighted by Crippen LogP contribution is 2.27. The van der Waals surface area contributed by atoms with Crippen LogP contribution in [-0.2, 0) is 4.79 Å². The van der Waals surface area contributed by atoms with E-state index in [9.17, 15) is 9.59 Å². The number of hydrogen-bond donors (Lipinski definition) is 4. The van der Waals surface area contributed by atoms with E-state index in [4.69, 9.17) is 0 Å². The van der Waals surface area contributed by atoms with Crippen LogP contribution in [0.2, 0.25) is 0 Å². The molecular weight excluding hydrogens is 400 g/mol. The number of anilines is 5. The van der Waals surface area contributed by atoms with E-state index in [0.717, 1.165) is 16.9 Å². The van der Waals surface area contributed by atoms with E-state index in [2.05, 4.69) is 31.2 Å². The fourth-order valence-electron chi connectivity index (χ4n) is 2.51. The fourth-order valence-corrected chi connectivity index (χ4v) is 3.30. The van der Waals surface area contributed by atoms with Crippen LogP contribution in [0.1, 0.15) is 29.1 Å². The van der Waals surface area contributed by atoms with Gasteiger partial charge in [0.1, 0.15) is 10.7 Å². The van der Waals surface area contributed by atoms with Crippen molar-refractivity contribution >= 4 is 52.0 Å². The first-order valence-corrected chi connectivity index (χ1v) is 10.3. The Morgan fingerprint density at radius 1 is 1.03 bits per heavy atom. The second-order valence-electron chi connectivity index (χ2n) is 6.94. The third-order valence-electron chi connectivity index (χ3n) is 4.26. The molecule has 0 saturated heterocycles. The maximum absolute atomic E-state index is 12.0. The molecule has 0 aliphatic heterocycles. The zero-order valence-corrected chi connectivity index (χ0v) is 18.1. The molecule has 2 aromatic heterocycles. The van der Waals surface area contributed by atoms with Crippen molar-refractivity contribution in [1.82, 2.24) is 15.3 Å². The molecule has 0 fully saturated rings. The Morgan fingerprint density at radius 2 is 1.73 bits per heavy atom. The molecule has 0 radical (unpaired) electrons. The lowest BCUT2D eigenvalue weighted by Gasteiger charge is -2.12. The Bertz CT molecular complexity index is 1050. The quantitative estimate of drug-likeness (QED) is 0.451. The Labute approximate surface area is 179 Å². The largest absolute Gasteiger partial charge is 0.354 e. The van der Waals surface area contributed by atoms with Gasteiger partial charge in [0.2, 0.25) is 11.9 Å². The predicted octanol–water partition coefficient (Wildman–Crippen LogP) is 4.29. The summed E-state index contributed by atoms with van der Waals surface area (Å²) >= 11 is 1.36. The van der Waals surface area contributed by atoms with Crippen molar-refractivity contribution in [3.05, 3.63) is 52.3 Å². The van der Waals surface area contributed by atoms with Crippen molar-refractivity contribution in [2.24, 2.45) is 5.92 Å². The van der Waals surface area contributed by atoms with Crippen LogP contribution >= 0.6 is 11.3 Å². The van der Waals surface area contributed by atoms with Gasteiger partial charge >= 0.3 is 0 Å². The number of rotatable bonds is 7. The molecule has 4 N–H and O–H groups in total. The van der Waals surface area contributed by atoms with E-state index in [0.29, 0.717) is 22.3 Å². The molecule has 0 aliphatic carbocycles. The van der Waals surface area contributed by atoms with Crippen LogP contribution in [0.4, 0.5) is 28.8 Å². The SMILES string of the molecule is CNC(=O)c1sccc1Nc1nc(Nc2ccc(NC(=O)C(C)C)cc2)ncc1C. The van der Waals surface area contributed by atoms with Gasteiger partial charge in [-0.2, -0.15) is 4.98 Å². The number of nitrogens with zero attached hydrogens (tertiary/aromatic N) is 2. The van der Waals surface area contributed by atoms with Gasteiger partial charge in [-0.15, -0.1) is 11.3 Å².